The van der Waals surface area contributed by atoms with Crippen molar-refractivity contribution in [2.75, 3.05) is 6.54 Å². The van der Waals surface area contributed by atoms with Crippen molar-refractivity contribution in [3.8, 4) is 0 Å². The Kier molecular flexibility index (Phi) is 3.06. The van der Waals surface area contributed by atoms with Gasteiger partial charge in [0.2, 0.25) is 0 Å². The molecule has 1 aromatic carbocycles. The topological polar surface area (TPSA) is 58.9 Å². The lowest BCUT2D eigenvalue weighted by Crippen LogP contribution is -2.16. The summed E-state index contributed by atoms with van der Waals surface area (Å²) in [6, 6.07) is 8.03. The largest absolute Gasteiger partial charge is 0.330 e. The first-order valence-electron chi connectivity index (χ1n) is 5.60. The summed E-state index contributed by atoms with van der Waals surface area (Å²) >= 11 is 0. The number of hydrogen-bond acceptors (Lipinski definition) is 2. The first-order chi connectivity index (χ1) is 7.76. The molecule has 0 aliphatic carbocycles. The van der Waals surface area contributed by atoms with E-state index in [1.807, 2.05) is 24.3 Å². The molecular formula is C13H16N2O. The molecule has 0 saturated heterocycles. The molecule has 0 unspecified atom stereocenters. The first kappa shape index (κ1) is 10.9. The van der Waals surface area contributed by atoms with Crippen LogP contribution in [0.5, 0.6) is 0 Å². The Labute approximate surface area is 94.3 Å². The van der Waals surface area contributed by atoms with E-state index in [4.69, 9.17) is 5.73 Å². The molecule has 3 nitrogen and oxygen atoms in total. The number of nitrogens with one attached hydrogen (secondary N) is 1. The summed E-state index contributed by atoms with van der Waals surface area (Å²) in [5, 5.41) is 1.09. The molecule has 0 aliphatic rings. The minimum Gasteiger partial charge on any atom is -0.330 e. The number of H-pyrrole nitrogens is 1. The van der Waals surface area contributed by atoms with Gasteiger partial charge in [0.05, 0.1) is 5.52 Å². The molecule has 0 saturated carbocycles. The second-order valence-corrected chi connectivity index (χ2v) is 3.90. The maximum Gasteiger partial charge on any atom is 0.251 e. The number of aryl methyl sites for hydroxylation is 1. The van der Waals surface area contributed by atoms with Crippen LogP contribution in [0.25, 0.3) is 10.9 Å². The molecule has 0 spiro atoms. The zero-order valence-electron chi connectivity index (χ0n) is 9.42. The van der Waals surface area contributed by atoms with Gasteiger partial charge in [0.1, 0.15) is 0 Å². The quantitative estimate of drug-likeness (QED) is 0.818. The summed E-state index contributed by atoms with van der Waals surface area (Å²) < 4.78 is 0. The van der Waals surface area contributed by atoms with E-state index in [-0.39, 0.29) is 5.56 Å². The van der Waals surface area contributed by atoms with Crippen molar-refractivity contribution >= 4 is 10.9 Å². The summed E-state index contributed by atoms with van der Waals surface area (Å²) in [4.78, 5) is 14.7. The average Bonchev–Trinajstić information content (AvgIpc) is 2.30. The number of rotatable bonds is 3. The Morgan fingerprint density at radius 3 is 2.81 bits per heavy atom. The second kappa shape index (κ2) is 4.49. The van der Waals surface area contributed by atoms with Gasteiger partial charge in [-0.1, -0.05) is 25.1 Å². The predicted octanol–water partition coefficient (Wildman–Crippen LogP) is 1.59. The molecule has 0 bridgehead atoms. The van der Waals surface area contributed by atoms with Crippen LogP contribution in [0.1, 0.15) is 18.1 Å². The summed E-state index contributed by atoms with van der Waals surface area (Å²) in [5.41, 5.74) is 8.36. The third-order valence-corrected chi connectivity index (χ3v) is 2.84. The Hall–Kier alpha value is -1.61. The van der Waals surface area contributed by atoms with Gasteiger partial charge in [0.15, 0.2) is 0 Å². The van der Waals surface area contributed by atoms with Gasteiger partial charge in [-0.15, -0.1) is 0 Å². The van der Waals surface area contributed by atoms with E-state index in [9.17, 15) is 4.79 Å². The van der Waals surface area contributed by atoms with Gasteiger partial charge in [-0.05, 0) is 36.4 Å². The maximum atomic E-state index is 11.8. The van der Waals surface area contributed by atoms with E-state index in [2.05, 4.69) is 11.9 Å². The molecule has 0 amide bonds. The van der Waals surface area contributed by atoms with Crippen LogP contribution in [0, 0.1) is 0 Å². The normalized spacial score (nSPS) is 10.9. The van der Waals surface area contributed by atoms with Crippen LogP contribution in [-0.4, -0.2) is 11.5 Å². The number of aromatic amines is 1. The maximum absolute atomic E-state index is 11.8. The van der Waals surface area contributed by atoms with Crippen LogP contribution in [0.15, 0.2) is 29.1 Å². The van der Waals surface area contributed by atoms with Gasteiger partial charge in [-0.25, -0.2) is 0 Å². The van der Waals surface area contributed by atoms with E-state index >= 15 is 0 Å². The molecule has 2 rings (SSSR count). The molecule has 3 N–H and O–H groups in total. The number of nitrogens with two attached hydrogens (primary N) is 1. The molecule has 3 heteroatoms. The molecule has 16 heavy (non-hydrogen) atoms. The SMILES string of the molecule is CCc1cccc2cc(CCN)c(=O)[nH]c12. The fraction of sp³-hybridized carbons (Fsp3) is 0.308. The average molecular weight is 216 g/mol. The van der Waals surface area contributed by atoms with Crippen molar-refractivity contribution in [3.63, 3.8) is 0 Å². The highest BCUT2D eigenvalue weighted by Gasteiger charge is 2.04. The lowest BCUT2D eigenvalue weighted by molar-refractivity contribution is 0.948. The lowest BCUT2D eigenvalue weighted by atomic mass is 10.1. The second-order valence-electron chi connectivity index (χ2n) is 3.90. The van der Waals surface area contributed by atoms with Crippen LogP contribution < -0.4 is 11.3 Å². The zero-order valence-corrected chi connectivity index (χ0v) is 9.42. The number of para-hydroxylation sites is 1. The molecule has 1 heterocycles. The van der Waals surface area contributed by atoms with Gasteiger partial charge >= 0.3 is 0 Å². The Balaban J connectivity index is 2.68. The van der Waals surface area contributed by atoms with Crippen LogP contribution in [0.2, 0.25) is 0 Å². The summed E-state index contributed by atoms with van der Waals surface area (Å²) in [6.07, 6.45) is 1.55. The Morgan fingerprint density at radius 1 is 1.31 bits per heavy atom. The molecular weight excluding hydrogens is 200 g/mol. The molecule has 0 radical (unpaired) electrons. The number of hydrogen-bond donors (Lipinski definition) is 2. The fourth-order valence-corrected chi connectivity index (χ4v) is 1.98. The molecule has 84 valence electrons. The fourth-order valence-electron chi connectivity index (χ4n) is 1.98. The number of benzene rings is 1. The first-order valence-corrected chi connectivity index (χ1v) is 5.60. The van der Waals surface area contributed by atoms with E-state index < -0.39 is 0 Å². The highest BCUT2D eigenvalue weighted by Crippen LogP contribution is 2.16. The van der Waals surface area contributed by atoms with E-state index in [1.165, 1.54) is 5.56 Å². The lowest BCUT2D eigenvalue weighted by Gasteiger charge is -2.05. The van der Waals surface area contributed by atoms with Crippen LogP contribution in [0.4, 0.5) is 0 Å². The van der Waals surface area contributed by atoms with Crippen molar-refractivity contribution in [2.24, 2.45) is 5.73 Å². The standard InChI is InChI=1S/C13H16N2O/c1-2-9-4-3-5-10-8-11(6-7-14)13(16)15-12(9)10/h3-5,8H,2,6-7,14H2,1H3,(H,15,16). The van der Waals surface area contributed by atoms with Crippen LogP contribution in [-0.2, 0) is 12.8 Å². The van der Waals surface area contributed by atoms with Crippen molar-refractivity contribution in [1.82, 2.24) is 4.98 Å². The van der Waals surface area contributed by atoms with Crippen molar-refractivity contribution in [3.05, 3.63) is 45.7 Å². The minimum absolute atomic E-state index is 0.0150. The smallest absolute Gasteiger partial charge is 0.251 e. The summed E-state index contributed by atoms with van der Waals surface area (Å²) in [5.74, 6) is 0. The van der Waals surface area contributed by atoms with E-state index in [0.29, 0.717) is 13.0 Å². The van der Waals surface area contributed by atoms with Gasteiger partial charge in [-0.2, -0.15) is 0 Å². The highest BCUT2D eigenvalue weighted by atomic mass is 16.1. The Bertz CT molecular complexity index is 557. The molecule has 0 fully saturated rings. The van der Waals surface area contributed by atoms with Crippen LogP contribution >= 0.6 is 0 Å². The third-order valence-electron chi connectivity index (χ3n) is 2.84. The van der Waals surface area contributed by atoms with E-state index in [0.717, 1.165) is 22.9 Å². The molecule has 2 aromatic rings. The number of aromatic nitrogens is 1. The number of fused-ring (bicyclic) bond motifs is 1. The monoisotopic (exact) mass is 216 g/mol. The van der Waals surface area contributed by atoms with Crippen LogP contribution in [0.3, 0.4) is 0 Å². The number of pyridine rings is 1. The van der Waals surface area contributed by atoms with Gasteiger partial charge < -0.3 is 10.7 Å². The van der Waals surface area contributed by atoms with Gasteiger partial charge in [0, 0.05) is 5.56 Å². The summed E-state index contributed by atoms with van der Waals surface area (Å²) in [6.45, 7) is 2.59. The van der Waals surface area contributed by atoms with Crippen molar-refractivity contribution in [1.29, 1.82) is 0 Å². The third kappa shape index (κ3) is 1.86. The van der Waals surface area contributed by atoms with Crippen molar-refractivity contribution < 1.29 is 0 Å². The molecule has 0 atom stereocenters. The molecule has 0 aliphatic heterocycles. The van der Waals surface area contributed by atoms with Gasteiger partial charge in [0.25, 0.3) is 5.56 Å². The van der Waals surface area contributed by atoms with Gasteiger partial charge in [-0.3, -0.25) is 4.79 Å². The Morgan fingerprint density at radius 2 is 2.12 bits per heavy atom. The highest BCUT2D eigenvalue weighted by molar-refractivity contribution is 5.82. The predicted molar refractivity (Wildman–Crippen MR) is 66.7 cm³/mol. The van der Waals surface area contributed by atoms with E-state index in [1.54, 1.807) is 0 Å². The van der Waals surface area contributed by atoms with Crippen molar-refractivity contribution in [2.45, 2.75) is 19.8 Å². The molecule has 1 aromatic heterocycles. The summed E-state index contributed by atoms with van der Waals surface area (Å²) in [7, 11) is 0. The zero-order chi connectivity index (χ0) is 11.5. The minimum atomic E-state index is -0.0150.